The molecule has 0 N–H and O–H groups in total. The van der Waals surface area contributed by atoms with Crippen LogP contribution in [-0.2, 0) is 21.0 Å². The minimum atomic E-state index is -5.17. The second kappa shape index (κ2) is 9.19. The summed E-state index contributed by atoms with van der Waals surface area (Å²) >= 11 is 0. The summed E-state index contributed by atoms with van der Waals surface area (Å²) in [5, 5.41) is 0.767. The summed E-state index contributed by atoms with van der Waals surface area (Å²) in [5.41, 5.74) is 1.19. The minimum absolute atomic E-state index is 0.226. The number of halogens is 2. The van der Waals surface area contributed by atoms with Gasteiger partial charge in [-0.05, 0) is 72.8 Å². The van der Waals surface area contributed by atoms with Gasteiger partial charge in [0.25, 0.3) is 6.29 Å². The van der Waals surface area contributed by atoms with Crippen molar-refractivity contribution in [1.82, 2.24) is 0 Å². The van der Waals surface area contributed by atoms with Crippen molar-refractivity contribution in [1.29, 1.82) is 0 Å². The number of furan rings is 1. The van der Waals surface area contributed by atoms with Crippen molar-refractivity contribution in [2.24, 2.45) is 0 Å². The molecule has 0 amide bonds. The van der Waals surface area contributed by atoms with E-state index >= 15 is 0 Å². The number of benzene rings is 3. The molecule has 1 aromatic heterocycles. The summed E-state index contributed by atoms with van der Waals surface area (Å²) in [6.07, 6.45) is 0.466. The van der Waals surface area contributed by atoms with Gasteiger partial charge in [0, 0.05) is 10.9 Å². The lowest BCUT2D eigenvalue weighted by atomic mass is 10.1. The Morgan fingerprint density at radius 1 is 0.647 bits per heavy atom. The zero-order chi connectivity index (χ0) is 24.3. The van der Waals surface area contributed by atoms with Crippen LogP contribution >= 0.6 is 0 Å². The highest BCUT2D eigenvalue weighted by Crippen LogP contribution is 2.30. The van der Waals surface area contributed by atoms with E-state index < -0.39 is 27.3 Å². The smallest absolute Gasteiger partial charge is 0.464 e. The van der Waals surface area contributed by atoms with Gasteiger partial charge in [-0.3, -0.25) is 0 Å². The largest absolute Gasteiger partial charge is 0.488 e. The third kappa shape index (κ3) is 6.36. The summed E-state index contributed by atoms with van der Waals surface area (Å²) in [6, 6.07) is 17.0. The first kappa shape index (κ1) is 23.3. The Morgan fingerprint density at radius 2 is 1.12 bits per heavy atom. The van der Waals surface area contributed by atoms with Crippen LogP contribution in [0.25, 0.3) is 11.0 Å². The van der Waals surface area contributed by atoms with Crippen molar-refractivity contribution in [3.63, 3.8) is 0 Å². The van der Waals surface area contributed by atoms with Crippen LogP contribution in [-0.4, -0.2) is 16.8 Å². The predicted molar refractivity (Wildman–Crippen MR) is 114 cm³/mol. The van der Waals surface area contributed by atoms with Crippen molar-refractivity contribution in [2.75, 3.05) is 0 Å². The molecule has 0 saturated carbocycles. The van der Waals surface area contributed by atoms with E-state index in [0.29, 0.717) is 11.1 Å². The fourth-order valence-electron chi connectivity index (χ4n) is 2.92. The van der Waals surface area contributed by atoms with Gasteiger partial charge < -0.3 is 22.3 Å². The van der Waals surface area contributed by atoms with Gasteiger partial charge in [-0.15, -0.1) is 0 Å². The maximum absolute atomic E-state index is 12.7. The van der Waals surface area contributed by atoms with Crippen molar-refractivity contribution in [3.8, 4) is 23.0 Å². The number of hydrogen-bond acceptors (Lipinski definition) is 9. The van der Waals surface area contributed by atoms with Crippen molar-refractivity contribution >= 4 is 32.0 Å². The Labute approximate surface area is 192 Å². The number of rotatable bonds is 9. The molecule has 3 aromatic carbocycles. The molecule has 0 aliphatic carbocycles. The summed E-state index contributed by atoms with van der Waals surface area (Å²) < 4.78 is 93.3. The Morgan fingerprint density at radius 3 is 1.59 bits per heavy atom. The molecule has 9 nitrogen and oxygen atoms in total. The molecule has 0 fully saturated rings. The molecule has 0 saturated heterocycles. The van der Waals surface area contributed by atoms with Crippen LogP contribution in [0.2, 0.25) is 0 Å². The van der Waals surface area contributed by atoms with Gasteiger partial charge in [-0.25, -0.2) is 0 Å². The zero-order valence-corrected chi connectivity index (χ0v) is 18.5. The molecular weight excluding hydrogens is 498 g/mol. The van der Waals surface area contributed by atoms with Crippen LogP contribution < -0.4 is 17.8 Å². The molecule has 0 spiro atoms. The molecule has 0 bridgehead atoms. The van der Waals surface area contributed by atoms with E-state index in [1.807, 2.05) is 0 Å². The third-order valence-electron chi connectivity index (χ3n) is 4.27. The fraction of sp³-hybridized carbons (Fsp3) is 0.0476. The quantitative estimate of drug-likeness (QED) is 0.231. The predicted octanol–water partition coefficient (Wildman–Crippen LogP) is 4.78. The summed E-state index contributed by atoms with van der Waals surface area (Å²) in [5.74, 6) is -0.0650. The van der Waals surface area contributed by atoms with Gasteiger partial charge >= 0.3 is 21.0 Å². The number of fused-ring (bicyclic) bond motifs is 1. The topological polar surface area (TPSA) is 118 Å². The average molecular weight is 512 g/mol. The first-order valence-electron chi connectivity index (χ1n) is 9.33. The van der Waals surface area contributed by atoms with E-state index in [0.717, 1.165) is 5.39 Å². The molecule has 34 heavy (non-hydrogen) atoms. The fourth-order valence-corrected chi connectivity index (χ4v) is 3.60. The summed E-state index contributed by atoms with van der Waals surface area (Å²) in [6.45, 7) is 0. The second-order valence-electron chi connectivity index (χ2n) is 6.68. The molecule has 4 aromatic rings. The lowest BCUT2D eigenvalue weighted by Crippen LogP contribution is -2.15. The SMILES string of the molecule is O=S(=O)(F)Oc1ccc(OC(Oc2ccc(OS(=O)(=O)F)cc2)c2ccc3occc3c2)cc1. The Balaban J connectivity index is 1.59. The molecule has 13 heteroatoms. The zero-order valence-electron chi connectivity index (χ0n) is 16.8. The number of hydrogen-bond donors (Lipinski definition) is 0. The lowest BCUT2D eigenvalue weighted by molar-refractivity contribution is 0.00385. The van der Waals surface area contributed by atoms with Crippen LogP contribution in [0.15, 0.2) is 83.5 Å². The maximum Gasteiger partial charge on any atom is 0.488 e. The van der Waals surface area contributed by atoms with Crippen LogP contribution in [0.1, 0.15) is 11.9 Å². The van der Waals surface area contributed by atoms with Crippen molar-refractivity contribution in [3.05, 3.63) is 84.6 Å². The third-order valence-corrected chi connectivity index (χ3v) is 5.06. The highest BCUT2D eigenvalue weighted by molar-refractivity contribution is 7.82. The molecule has 0 atom stereocenters. The van der Waals surface area contributed by atoms with Gasteiger partial charge in [0.15, 0.2) is 0 Å². The molecule has 4 rings (SSSR count). The average Bonchev–Trinajstić information content (AvgIpc) is 3.22. The van der Waals surface area contributed by atoms with E-state index in [1.54, 1.807) is 24.3 Å². The van der Waals surface area contributed by atoms with Gasteiger partial charge in [0.2, 0.25) is 0 Å². The number of ether oxygens (including phenoxy) is 2. The molecule has 178 valence electrons. The molecule has 0 aliphatic heterocycles. The molecule has 0 aliphatic rings. The summed E-state index contributed by atoms with van der Waals surface area (Å²) in [4.78, 5) is 0. The van der Waals surface area contributed by atoms with E-state index in [2.05, 4.69) is 8.37 Å². The normalized spacial score (nSPS) is 12.0. The van der Waals surface area contributed by atoms with E-state index in [4.69, 9.17) is 13.9 Å². The standard InChI is InChI=1S/C21H14F2O9S2/c22-33(24,25)31-18-6-2-16(3-7-18)29-21(15-1-10-20-14(13-15)11-12-28-20)30-17-4-8-19(9-5-17)32-34(23,26)27/h1-13,21H. The molecule has 0 unspecified atom stereocenters. The van der Waals surface area contributed by atoms with Crippen LogP contribution in [0.5, 0.6) is 23.0 Å². The van der Waals surface area contributed by atoms with Gasteiger partial charge in [-0.2, -0.15) is 16.8 Å². The molecule has 1 heterocycles. The Bertz CT molecular complexity index is 1420. The lowest BCUT2D eigenvalue weighted by Gasteiger charge is -2.21. The van der Waals surface area contributed by atoms with E-state index in [9.17, 15) is 24.6 Å². The van der Waals surface area contributed by atoms with Crippen molar-refractivity contribution in [2.45, 2.75) is 6.29 Å². The van der Waals surface area contributed by atoms with Gasteiger partial charge in [0.1, 0.15) is 28.6 Å². The van der Waals surface area contributed by atoms with Crippen LogP contribution in [0.3, 0.4) is 0 Å². The van der Waals surface area contributed by atoms with Gasteiger partial charge in [0.05, 0.1) is 6.26 Å². The highest BCUT2D eigenvalue weighted by atomic mass is 32.3. The van der Waals surface area contributed by atoms with E-state index in [-0.39, 0.29) is 23.0 Å². The second-order valence-corrected chi connectivity index (χ2v) is 8.59. The Hall–Kier alpha value is -3.84. The van der Waals surface area contributed by atoms with Crippen molar-refractivity contribution < 1.29 is 46.9 Å². The van der Waals surface area contributed by atoms with Crippen LogP contribution in [0, 0.1) is 0 Å². The van der Waals surface area contributed by atoms with Crippen LogP contribution in [0.4, 0.5) is 7.77 Å². The van der Waals surface area contributed by atoms with Gasteiger partial charge in [-0.1, -0.05) is 7.77 Å². The summed E-state index contributed by atoms with van der Waals surface area (Å²) in [7, 11) is -10.3. The molecular formula is C21H14F2O9S2. The first-order valence-corrected chi connectivity index (χ1v) is 11.9. The first-order chi connectivity index (χ1) is 16.0. The maximum atomic E-state index is 12.7. The minimum Gasteiger partial charge on any atom is -0.464 e. The monoisotopic (exact) mass is 512 g/mol. The molecule has 0 radical (unpaired) electrons. The Kier molecular flexibility index (Phi) is 6.30. The van der Waals surface area contributed by atoms with E-state index in [1.165, 1.54) is 54.8 Å². The highest BCUT2D eigenvalue weighted by Gasteiger charge is 2.18.